The Morgan fingerprint density at radius 2 is 2.21 bits per heavy atom. The van der Waals surface area contributed by atoms with E-state index < -0.39 is 11.9 Å². The summed E-state index contributed by atoms with van der Waals surface area (Å²) in [6.45, 7) is 0.710. The quantitative estimate of drug-likeness (QED) is 0.843. The van der Waals surface area contributed by atoms with Crippen LogP contribution in [0.5, 0.6) is 0 Å². The van der Waals surface area contributed by atoms with Gasteiger partial charge in [-0.05, 0) is 17.9 Å². The fourth-order valence-corrected chi connectivity index (χ4v) is 3.79. The van der Waals surface area contributed by atoms with Crippen molar-refractivity contribution >= 4 is 45.6 Å². The van der Waals surface area contributed by atoms with E-state index in [1.165, 1.54) is 22.7 Å². The molecule has 0 saturated carbocycles. The number of thiazole rings is 1. The second-order valence-corrected chi connectivity index (χ2v) is 7.22. The first-order valence-corrected chi connectivity index (χ1v) is 9.08. The molecule has 126 valence electrons. The fourth-order valence-electron chi connectivity index (χ4n) is 2.47. The van der Waals surface area contributed by atoms with Gasteiger partial charge in [-0.1, -0.05) is 6.07 Å². The number of aliphatic carboxylic acids is 1. The Morgan fingerprint density at radius 1 is 1.38 bits per heavy atom. The van der Waals surface area contributed by atoms with Gasteiger partial charge in [-0.3, -0.25) is 19.7 Å². The number of thiophene rings is 1. The average Bonchev–Trinajstić information content (AvgIpc) is 3.29. The number of carboxylic acids is 1. The van der Waals surface area contributed by atoms with E-state index in [1.807, 2.05) is 5.38 Å². The molecule has 0 spiro atoms. The molecule has 2 amide bonds. The maximum atomic E-state index is 12.2. The summed E-state index contributed by atoms with van der Waals surface area (Å²) >= 11 is 2.60. The van der Waals surface area contributed by atoms with Gasteiger partial charge < -0.3 is 10.0 Å². The van der Waals surface area contributed by atoms with E-state index in [-0.39, 0.29) is 24.8 Å². The Hall–Kier alpha value is -2.26. The van der Waals surface area contributed by atoms with Crippen molar-refractivity contribution in [1.82, 2.24) is 9.88 Å². The number of aromatic nitrogens is 1. The van der Waals surface area contributed by atoms with Crippen molar-refractivity contribution in [3.8, 4) is 0 Å². The number of carboxylic acid groups (broad SMARTS) is 1. The van der Waals surface area contributed by atoms with Crippen LogP contribution in [-0.2, 0) is 16.0 Å². The van der Waals surface area contributed by atoms with E-state index in [1.54, 1.807) is 22.4 Å². The molecule has 9 heteroatoms. The lowest BCUT2D eigenvalue weighted by atomic mass is 10.1. The third-order valence-corrected chi connectivity index (χ3v) is 5.41. The van der Waals surface area contributed by atoms with Crippen LogP contribution in [0.1, 0.15) is 21.8 Å². The number of carbonyl (C=O) groups is 3. The molecule has 3 rings (SSSR count). The molecule has 0 aliphatic carbocycles. The van der Waals surface area contributed by atoms with Gasteiger partial charge in [0, 0.05) is 18.5 Å². The van der Waals surface area contributed by atoms with Crippen molar-refractivity contribution < 1.29 is 19.5 Å². The summed E-state index contributed by atoms with van der Waals surface area (Å²) in [6, 6.07) is 3.52. The van der Waals surface area contributed by atoms with Crippen molar-refractivity contribution in [1.29, 1.82) is 0 Å². The third kappa shape index (κ3) is 3.80. The molecular formula is C15H15N3O4S2. The Balaban J connectivity index is 1.55. The normalized spacial score (nSPS) is 17.0. The molecule has 1 atom stereocenters. The fraction of sp³-hybridized carbons (Fsp3) is 0.333. The second kappa shape index (κ2) is 7.10. The zero-order valence-corrected chi connectivity index (χ0v) is 14.2. The maximum Gasteiger partial charge on any atom is 0.308 e. The minimum absolute atomic E-state index is 0.109. The number of anilines is 1. The van der Waals surface area contributed by atoms with Gasteiger partial charge in [-0.2, -0.15) is 0 Å². The molecule has 3 heterocycles. The van der Waals surface area contributed by atoms with Gasteiger partial charge >= 0.3 is 5.97 Å². The van der Waals surface area contributed by atoms with Gasteiger partial charge in [0.1, 0.15) is 0 Å². The van der Waals surface area contributed by atoms with Crippen molar-refractivity contribution in [2.24, 2.45) is 5.92 Å². The van der Waals surface area contributed by atoms with Crippen LogP contribution in [0.4, 0.5) is 5.13 Å². The number of nitrogens with one attached hydrogen (secondary N) is 1. The van der Waals surface area contributed by atoms with Gasteiger partial charge in [0.05, 0.1) is 22.9 Å². The highest BCUT2D eigenvalue weighted by molar-refractivity contribution is 7.14. The molecule has 24 heavy (non-hydrogen) atoms. The number of rotatable bonds is 5. The van der Waals surface area contributed by atoms with Crippen LogP contribution in [-0.4, -0.2) is 45.9 Å². The minimum Gasteiger partial charge on any atom is -0.481 e. The SMILES string of the molecule is O=C(Nc1nc(CC(=O)N2CCC(C(=O)O)C2)cs1)c1cccs1. The molecule has 1 fully saturated rings. The molecule has 0 bridgehead atoms. The van der Waals surface area contributed by atoms with Crippen molar-refractivity contribution in [2.45, 2.75) is 12.8 Å². The highest BCUT2D eigenvalue weighted by atomic mass is 32.1. The summed E-state index contributed by atoms with van der Waals surface area (Å²) in [5.41, 5.74) is 0.574. The van der Waals surface area contributed by atoms with Crippen LogP contribution >= 0.6 is 22.7 Å². The molecule has 2 aromatic rings. The number of hydrogen-bond acceptors (Lipinski definition) is 6. The van der Waals surface area contributed by atoms with Crippen molar-refractivity contribution in [3.63, 3.8) is 0 Å². The summed E-state index contributed by atoms with van der Waals surface area (Å²) < 4.78 is 0. The number of amides is 2. The predicted molar refractivity (Wildman–Crippen MR) is 90.4 cm³/mol. The van der Waals surface area contributed by atoms with Crippen molar-refractivity contribution in [2.75, 3.05) is 18.4 Å². The highest BCUT2D eigenvalue weighted by Gasteiger charge is 2.30. The van der Waals surface area contributed by atoms with Gasteiger partial charge in [0.2, 0.25) is 5.91 Å². The Kier molecular flexibility index (Phi) is 4.91. The zero-order valence-electron chi connectivity index (χ0n) is 12.6. The molecule has 0 radical (unpaired) electrons. The Morgan fingerprint density at radius 3 is 2.88 bits per heavy atom. The molecule has 2 N–H and O–H groups in total. The van der Waals surface area contributed by atoms with Crippen LogP contribution in [0.15, 0.2) is 22.9 Å². The van der Waals surface area contributed by atoms with Crippen LogP contribution in [0.25, 0.3) is 0 Å². The van der Waals surface area contributed by atoms with E-state index in [9.17, 15) is 14.4 Å². The van der Waals surface area contributed by atoms with E-state index in [0.717, 1.165) is 0 Å². The van der Waals surface area contributed by atoms with Gasteiger partial charge in [-0.15, -0.1) is 22.7 Å². The first kappa shape index (κ1) is 16.6. The van der Waals surface area contributed by atoms with Gasteiger partial charge in [0.15, 0.2) is 5.13 Å². The summed E-state index contributed by atoms with van der Waals surface area (Å²) in [5, 5.41) is 15.7. The van der Waals surface area contributed by atoms with E-state index in [4.69, 9.17) is 5.11 Å². The average molecular weight is 365 g/mol. The van der Waals surface area contributed by atoms with Crippen LogP contribution in [0.2, 0.25) is 0 Å². The number of likely N-dealkylation sites (tertiary alicyclic amines) is 1. The molecule has 1 unspecified atom stereocenters. The summed E-state index contributed by atoms with van der Waals surface area (Å²) in [6.07, 6.45) is 0.595. The molecular weight excluding hydrogens is 350 g/mol. The zero-order chi connectivity index (χ0) is 17.1. The number of hydrogen-bond donors (Lipinski definition) is 2. The Labute approximate surface area is 145 Å². The standard InChI is InChI=1S/C15H15N3O4S2/c19-12(18-4-3-9(7-18)14(21)22)6-10-8-24-15(16-10)17-13(20)11-2-1-5-23-11/h1-2,5,8-9H,3-4,6-7H2,(H,21,22)(H,16,17,20). The smallest absolute Gasteiger partial charge is 0.308 e. The van der Waals surface area contributed by atoms with Gasteiger partial charge in [-0.25, -0.2) is 4.98 Å². The minimum atomic E-state index is -0.863. The third-order valence-electron chi connectivity index (χ3n) is 3.74. The van der Waals surface area contributed by atoms with Crippen LogP contribution in [0, 0.1) is 5.92 Å². The van der Waals surface area contributed by atoms with E-state index in [2.05, 4.69) is 10.3 Å². The maximum absolute atomic E-state index is 12.2. The highest BCUT2D eigenvalue weighted by Crippen LogP contribution is 2.21. The molecule has 7 nitrogen and oxygen atoms in total. The summed E-state index contributed by atoms with van der Waals surface area (Å²) in [5.74, 6) is -1.70. The van der Waals surface area contributed by atoms with E-state index >= 15 is 0 Å². The lowest BCUT2D eigenvalue weighted by Gasteiger charge is -2.14. The topological polar surface area (TPSA) is 99.6 Å². The lowest BCUT2D eigenvalue weighted by molar-refractivity contribution is -0.141. The first-order chi connectivity index (χ1) is 11.5. The molecule has 1 aliphatic rings. The largest absolute Gasteiger partial charge is 0.481 e. The first-order valence-electron chi connectivity index (χ1n) is 7.33. The Bertz CT molecular complexity index is 757. The monoisotopic (exact) mass is 365 g/mol. The molecule has 0 aromatic carbocycles. The summed E-state index contributed by atoms with van der Waals surface area (Å²) in [4.78, 5) is 41.5. The molecule has 2 aromatic heterocycles. The number of nitrogens with zero attached hydrogens (tertiary/aromatic N) is 2. The number of carbonyl (C=O) groups excluding carboxylic acids is 2. The van der Waals surface area contributed by atoms with Crippen LogP contribution < -0.4 is 5.32 Å². The second-order valence-electron chi connectivity index (χ2n) is 5.42. The molecule has 1 saturated heterocycles. The predicted octanol–water partition coefficient (Wildman–Crippen LogP) is 1.93. The van der Waals surface area contributed by atoms with Crippen molar-refractivity contribution in [3.05, 3.63) is 33.5 Å². The molecule has 1 aliphatic heterocycles. The lowest BCUT2D eigenvalue weighted by Crippen LogP contribution is -2.31. The summed E-state index contributed by atoms with van der Waals surface area (Å²) in [7, 11) is 0. The van der Waals surface area contributed by atoms with E-state index in [0.29, 0.717) is 28.7 Å². The van der Waals surface area contributed by atoms with Crippen LogP contribution in [0.3, 0.4) is 0 Å². The van der Waals surface area contributed by atoms with Gasteiger partial charge in [0.25, 0.3) is 5.91 Å².